The Kier molecular flexibility index (Phi) is 6.50. The number of benzene rings is 2. The minimum absolute atomic E-state index is 0.293. The van der Waals surface area contributed by atoms with Crippen LogP contribution in [0.15, 0.2) is 60.9 Å². The van der Waals surface area contributed by atoms with Crippen LogP contribution in [0.1, 0.15) is 5.56 Å². The highest BCUT2D eigenvalue weighted by Gasteiger charge is 2.30. The Hall–Kier alpha value is -3.70. The SMILES string of the molecule is CN(C)C1CN(c2ccc(Nc3ncc4ccn(Cc5ccccc5N(C)S(C)(=O)=O)c4n3)cc2F)C1. The lowest BCUT2D eigenvalue weighted by molar-refractivity contribution is 0.246. The predicted octanol–water partition coefficient (Wildman–Crippen LogP) is 3.51. The highest BCUT2D eigenvalue weighted by molar-refractivity contribution is 7.92. The van der Waals surface area contributed by atoms with E-state index in [2.05, 4.69) is 20.2 Å². The number of nitrogens with zero attached hydrogens (tertiary/aromatic N) is 6. The average molecular weight is 524 g/mol. The van der Waals surface area contributed by atoms with Gasteiger partial charge in [0, 0.05) is 49.6 Å². The summed E-state index contributed by atoms with van der Waals surface area (Å²) in [6.07, 6.45) is 4.78. The van der Waals surface area contributed by atoms with Crippen LogP contribution < -0.4 is 14.5 Å². The molecule has 9 nitrogen and oxygen atoms in total. The molecule has 37 heavy (non-hydrogen) atoms. The Balaban J connectivity index is 1.36. The predicted molar refractivity (Wildman–Crippen MR) is 146 cm³/mol. The summed E-state index contributed by atoms with van der Waals surface area (Å²) in [5, 5.41) is 3.95. The van der Waals surface area contributed by atoms with Crippen LogP contribution in [0.3, 0.4) is 0 Å². The normalized spacial score (nSPS) is 14.3. The van der Waals surface area contributed by atoms with Gasteiger partial charge in [-0.1, -0.05) is 18.2 Å². The first-order chi connectivity index (χ1) is 17.6. The third-order valence-corrected chi connectivity index (χ3v) is 8.00. The Bertz CT molecular complexity index is 1550. The van der Waals surface area contributed by atoms with E-state index in [1.807, 2.05) is 60.1 Å². The lowest BCUT2D eigenvalue weighted by Crippen LogP contribution is -2.57. The number of anilines is 4. The maximum Gasteiger partial charge on any atom is 0.232 e. The monoisotopic (exact) mass is 523 g/mol. The van der Waals surface area contributed by atoms with Gasteiger partial charge in [0.05, 0.1) is 24.2 Å². The third kappa shape index (κ3) is 5.09. The maximum absolute atomic E-state index is 14.9. The quantitative estimate of drug-likeness (QED) is 0.378. The molecular weight excluding hydrogens is 493 g/mol. The first-order valence-electron chi connectivity index (χ1n) is 11.9. The molecule has 1 N–H and O–H groups in total. The van der Waals surface area contributed by atoms with Crippen molar-refractivity contribution in [1.29, 1.82) is 0 Å². The van der Waals surface area contributed by atoms with Crippen molar-refractivity contribution in [3.63, 3.8) is 0 Å². The summed E-state index contributed by atoms with van der Waals surface area (Å²) in [4.78, 5) is 13.2. The number of likely N-dealkylation sites (N-methyl/N-ethyl adjacent to an activating group) is 1. The van der Waals surface area contributed by atoms with Gasteiger partial charge < -0.3 is 19.7 Å². The number of aromatic nitrogens is 3. The molecule has 0 radical (unpaired) electrons. The molecule has 0 spiro atoms. The van der Waals surface area contributed by atoms with E-state index in [1.165, 1.54) is 16.6 Å². The van der Waals surface area contributed by atoms with Gasteiger partial charge in [-0.15, -0.1) is 0 Å². The number of sulfonamides is 1. The van der Waals surface area contributed by atoms with Gasteiger partial charge in [-0.25, -0.2) is 17.8 Å². The fourth-order valence-electron chi connectivity index (χ4n) is 4.42. The third-order valence-electron chi connectivity index (χ3n) is 6.81. The fourth-order valence-corrected chi connectivity index (χ4v) is 4.96. The second-order valence-electron chi connectivity index (χ2n) is 9.59. The van der Waals surface area contributed by atoms with Gasteiger partial charge in [-0.2, -0.15) is 4.98 Å². The number of hydrogen-bond acceptors (Lipinski definition) is 7. The summed E-state index contributed by atoms with van der Waals surface area (Å²) in [6.45, 7) is 2.02. The highest BCUT2D eigenvalue weighted by atomic mass is 32.2. The van der Waals surface area contributed by atoms with Gasteiger partial charge in [0.1, 0.15) is 11.5 Å². The number of hydrogen-bond donors (Lipinski definition) is 1. The Labute approximate surface area is 216 Å². The minimum atomic E-state index is -3.41. The van der Waals surface area contributed by atoms with Crippen molar-refractivity contribution in [3.8, 4) is 0 Å². The van der Waals surface area contributed by atoms with Crippen LogP contribution in [0, 0.1) is 5.82 Å². The van der Waals surface area contributed by atoms with E-state index in [0.29, 0.717) is 41.2 Å². The summed E-state index contributed by atoms with van der Waals surface area (Å²) < 4.78 is 42.3. The number of para-hydroxylation sites is 1. The minimum Gasteiger partial charge on any atom is -0.366 e. The van der Waals surface area contributed by atoms with Gasteiger partial charge in [-0.05, 0) is 50.0 Å². The van der Waals surface area contributed by atoms with Crippen LogP contribution in [0.4, 0.5) is 27.4 Å². The summed E-state index contributed by atoms with van der Waals surface area (Å²) in [6, 6.07) is 14.8. The van der Waals surface area contributed by atoms with Gasteiger partial charge in [0.15, 0.2) is 0 Å². The van der Waals surface area contributed by atoms with Crippen LogP contribution in [-0.2, 0) is 16.6 Å². The Morgan fingerprint density at radius 1 is 1.11 bits per heavy atom. The molecule has 0 atom stereocenters. The zero-order valence-electron chi connectivity index (χ0n) is 21.3. The second-order valence-corrected chi connectivity index (χ2v) is 11.6. The maximum atomic E-state index is 14.9. The lowest BCUT2D eigenvalue weighted by Gasteiger charge is -2.44. The summed E-state index contributed by atoms with van der Waals surface area (Å²) >= 11 is 0. The summed E-state index contributed by atoms with van der Waals surface area (Å²) in [7, 11) is 2.20. The zero-order valence-corrected chi connectivity index (χ0v) is 22.1. The molecule has 1 saturated heterocycles. The van der Waals surface area contributed by atoms with Crippen LogP contribution in [0.25, 0.3) is 11.0 Å². The van der Waals surface area contributed by atoms with E-state index in [0.717, 1.165) is 24.0 Å². The molecule has 1 aliphatic rings. The average Bonchev–Trinajstić information content (AvgIpc) is 3.20. The van der Waals surface area contributed by atoms with Gasteiger partial charge in [-0.3, -0.25) is 4.31 Å². The summed E-state index contributed by atoms with van der Waals surface area (Å²) in [5.74, 6) is 0.0519. The van der Waals surface area contributed by atoms with Crippen molar-refractivity contribution < 1.29 is 12.8 Å². The van der Waals surface area contributed by atoms with E-state index in [1.54, 1.807) is 25.4 Å². The van der Waals surface area contributed by atoms with Crippen molar-refractivity contribution in [2.45, 2.75) is 12.6 Å². The molecular formula is C26H30FN7O2S. The molecule has 4 aromatic rings. The molecule has 1 fully saturated rings. The molecule has 194 valence electrons. The molecule has 2 aromatic heterocycles. The Morgan fingerprint density at radius 3 is 2.57 bits per heavy atom. The van der Waals surface area contributed by atoms with E-state index in [-0.39, 0.29) is 5.82 Å². The molecule has 1 aliphatic heterocycles. The highest BCUT2D eigenvalue weighted by Crippen LogP contribution is 2.29. The number of fused-ring (bicyclic) bond motifs is 1. The van der Waals surface area contributed by atoms with Gasteiger partial charge in [0.25, 0.3) is 0 Å². The van der Waals surface area contributed by atoms with E-state index >= 15 is 0 Å². The van der Waals surface area contributed by atoms with Crippen LogP contribution >= 0.6 is 0 Å². The molecule has 2 aromatic carbocycles. The van der Waals surface area contributed by atoms with Crippen molar-refractivity contribution in [2.75, 3.05) is 55.0 Å². The number of nitrogens with one attached hydrogen (secondary N) is 1. The Morgan fingerprint density at radius 2 is 1.86 bits per heavy atom. The molecule has 3 heterocycles. The molecule has 5 rings (SSSR count). The van der Waals surface area contributed by atoms with E-state index in [4.69, 9.17) is 0 Å². The first-order valence-corrected chi connectivity index (χ1v) is 13.8. The molecule has 0 amide bonds. The standard InChI is InChI=1S/C26H30FN7O2S/c1-31(2)21-16-34(17-21)24-10-9-20(13-22(24)27)29-26-28-14-18-11-12-33(25(18)30-26)15-19-7-5-6-8-23(19)32(3)37(4,35)36/h5-14,21H,15-17H2,1-4H3,(H,28,29,30). The van der Waals surface area contributed by atoms with Crippen LogP contribution in [0.2, 0.25) is 0 Å². The topological polar surface area (TPSA) is 86.6 Å². The fraction of sp³-hybridized carbons (Fsp3) is 0.308. The zero-order chi connectivity index (χ0) is 26.3. The van der Waals surface area contributed by atoms with Crippen molar-refractivity contribution >= 4 is 44.1 Å². The van der Waals surface area contributed by atoms with Crippen molar-refractivity contribution in [2.24, 2.45) is 0 Å². The molecule has 0 unspecified atom stereocenters. The number of rotatable bonds is 8. The van der Waals surface area contributed by atoms with Crippen molar-refractivity contribution in [3.05, 3.63) is 72.3 Å². The number of halogens is 1. The first kappa shape index (κ1) is 25.0. The van der Waals surface area contributed by atoms with Crippen molar-refractivity contribution in [1.82, 2.24) is 19.4 Å². The van der Waals surface area contributed by atoms with Gasteiger partial charge in [0.2, 0.25) is 16.0 Å². The smallest absolute Gasteiger partial charge is 0.232 e. The molecule has 11 heteroatoms. The second kappa shape index (κ2) is 9.64. The summed E-state index contributed by atoms with van der Waals surface area (Å²) in [5.41, 5.74) is 3.27. The molecule has 0 saturated carbocycles. The lowest BCUT2D eigenvalue weighted by atomic mass is 10.1. The van der Waals surface area contributed by atoms with Gasteiger partial charge >= 0.3 is 0 Å². The van der Waals surface area contributed by atoms with Crippen LogP contribution in [0.5, 0.6) is 0 Å². The molecule has 0 aliphatic carbocycles. The van der Waals surface area contributed by atoms with E-state index < -0.39 is 10.0 Å². The largest absolute Gasteiger partial charge is 0.366 e. The van der Waals surface area contributed by atoms with E-state index in [9.17, 15) is 12.8 Å². The van der Waals surface area contributed by atoms with Crippen LogP contribution in [-0.4, -0.2) is 74.4 Å². The molecule has 0 bridgehead atoms.